The van der Waals surface area contributed by atoms with Crippen LogP contribution in [0.3, 0.4) is 0 Å². The topological polar surface area (TPSA) is 73.4 Å². The van der Waals surface area contributed by atoms with Gasteiger partial charge in [0, 0.05) is 20.1 Å². The Morgan fingerprint density at radius 3 is 2.15 bits per heavy atom. The van der Waals surface area contributed by atoms with Crippen LogP contribution in [0.4, 0.5) is 4.79 Å². The van der Waals surface area contributed by atoms with Gasteiger partial charge in [0.25, 0.3) is 0 Å². The smallest absolute Gasteiger partial charge is 0.320 e. The minimum atomic E-state index is -0.0831. The summed E-state index contributed by atoms with van der Waals surface area (Å²) in [6, 6.07) is -0.0831. The lowest BCUT2D eigenvalue weighted by molar-refractivity contribution is 0.173. The van der Waals surface area contributed by atoms with Crippen molar-refractivity contribution in [1.82, 2.24) is 9.80 Å². The van der Waals surface area contributed by atoms with Crippen LogP contribution in [0.5, 0.6) is 0 Å². The number of nitrogens with one attached hydrogen (secondary N) is 1. The van der Waals surface area contributed by atoms with Gasteiger partial charge in [-0.15, -0.1) is 0 Å². The van der Waals surface area contributed by atoms with Gasteiger partial charge in [-0.3, -0.25) is 5.41 Å². The van der Waals surface area contributed by atoms with Crippen LogP contribution in [-0.4, -0.2) is 48.3 Å². The molecule has 2 amide bonds. The third-order valence-corrected chi connectivity index (χ3v) is 1.77. The molecule has 0 unspecified atom stereocenters. The van der Waals surface area contributed by atoms with Gasteiger partial charge >= 0.3 is 6.03 Å². The maximum Gasteiger partial charge on any atom is 0.320 e. The van der Waals surface area contributed by atoms with Crippen molar-refractivity contribution in [2.75, 3.05) is 26.7 Å². The van der Waals surface area contributed by atoms with Crippen molar-refractivity contribution in [3.8, 4) is 0 Å². The normalized spacial score (nSPS) is 9.46. The molecule has 0 aliphatic carbocycles. The number of nitrogens with two attached hydrogens (primary N) is 1. The first-order valence-electron chi connectivity index (χ1n) is 4.35. The SMILES string of the molecule is CCN(CC)C(=O)N(C)CC(=N)N. The first-order chi connectivity index (χ1) is 6.02. The average Bonchev–Trinajstić information content (AvgIpc) is 2.05. The molecule has 0 bridgehead atoms. The third kappa shape index (κ3) is 3.78. The molecular formula is C8H18N4O. The number of amidine groups is 1. The van der Waals surface area contributed by atoms with E-state index in [0.29, 0.717) is 13.1 Å². The molecule has 0 radical (unpaired) electrons. The molecule has 5 heteroatoms. The molecule has 13 heavy (non-hydrogen) atoms. The molecule has 76 valence electrons. The molecule has 0 spiro atoms. The summed E-state index contributed by atoms with van der Waals surface area (Å²) in [5, 5.41) is 7.04. The van der Waals surface area contributed by atoms with Gasteiger partial charge in [0.2, 0.25) is 0 Å². The lowest BCUT2D eigenvalue weighted by Crippen LogP contribution is -2.44. The van der Waals surface area contributed by atoms with E-state index in [1.54, 1.807) is 11.9 Å². The number of hydrogen-bond acceptors (Lipinski definition) is 2. The predicted octanol–water partition coefficient (Wildman–Crippen LogP) is 0.316. The molecule has 0 aromatic carbocycles. The van der Waals surface area contributed by atoms with Gasteiger partial charge in [0.1, 0.15) is 5.84 Å². The molecule has 0 heterocycles. The van der Waals surface area contributed by atoms with Crippen LogP contribution >= 0.6 is 0 Å². The summed E-state index contributed by atoms with van der Waals surface area (Å²) in [6.45, 7) is 5.39. The van der Waals surface area contributed by atoms with Gasteiger partial charge in [-0.25, -0.2) is 4.79 Å². The van der Waals surface area contributed by atoms with Crippen molar-refractivity contribution in [1.29, 1.82) is 5.41 Å². The highest BCUT2D eigenvalue weighted by Gasteiger charge is 2.14. The fraction of sp³-hybridized carbons (Fsp3) is 0.750. The van der Waals surface area contributed by atoms with E-state index in [9.17, 15) is 4.79 Å². The fourth-order valence-electron chi connectivity index (χ4n) is 1.06. The van der Waals surface area contributed by atoms with Crippen molar-refractivity contribution in [3.05, 3.63) is 0 Å². The number of nitrogens with zero attached hydrogens (tertiary/aromatic N) is 2. The predicted molar refractivity (Wildman–Crippen MR) is 52.9 cm³/mol. The Balaban J connectivity index is 4.14. The van der Waals surface area contributed by atoms with E-state index in [1.165, 1.54) is 4.90 Å². The number of likely N-dealkylation sites (N-methyl/N-ethyl adjacent to an activating group) is 1. The third-order valence-electron chi connectivity index (χ3n) is 1.77. The van der Waals surface area contributed by atoms with Crippen molar-refractivity contribution >= 4 is 11.9 Å². The number of amides is 2. The zero-order valence-corrected chi connectivity index (χ0v) is 8.50. The van der Waals surface area contributed by atoms with Gasteiger partial charge in [-0.1, -0.05) is 0 Å². The van der Waals surface area contributed by atoms with Gasteiger partial charge in [0.15, 0.2) is 0 Å². The number of hydrogen-bond donors (Lipinski definition) is 2. The van der Waals surface area contributed by atoms with Crippen LogP contribution in [0.2, 0.25) is 0 Å². The van der Waals surface area contributed by atoms with E-state index in [4.69, 9.17) is 11.1 Å². The van der Waals surface area contributed by atoms with E-state index in [-0.39, 0.29) is 18.4 Å². The molecule has 0 saturated heterocycles. The lowest BCUT2D eigenvalue weighted by Gasteiger charge is -2.25. The van der Waals surface area contributed by atoms with Gasteiger partial charge in [0.05, 0.1) is 6.54 Å². The summed E-state index contributed by atoms with van der Waals surface area (Å²) in [5.41, 5.74) is 5.19. The first-order valence-corrected chi connectivity index (χ1v) is 4.35. The number of carbonyl (C=O) groups excluding carboxylic acids is 1. The molecule has 0 fully saturated rings. The van der Waals surface area contributed by atoms with Crippen LogP contribution < -0.4 is 5.73 Å². The fourth-order valence-corrected chi connectivity index (χ4v) is 1.06. The van der Waals surface area contributed by atoms with Crippen molar-refractivity contribution in [2.24, 2.45) is 5.73 Å². The zero-order chi connectivity index (χ0) is 10.4. The Labute approximate surface area is 79.0 Å². The van der Waals surface area contributed by atoms with Crippen LogP contribution in [0.15, 0.2) is 0 Å². The second kappa shape index (κ2) is 5.40. The van der Waals surface area contributed by atoms with Crippen LogP contribution in [0.25, 0.3) is 0 Å². The molecule has 0 aliphatic rings. The number of carbonyl (C=O) groups is 1. The molecule has 0 aliphatic heterocycles. The van der Waals surface area contributed by atoms with E-state index in [0.717, 1.165) is 0 Å². The molecule has 0 saturated carbocycles. The summed E-state index contributed by atoms with van der Waals surface area (Å²) >= 11 is 0. The maximum absolute atomic E-state index is 11.5. The summed E-state index contributed by atoms with van der Waals surface area (Å²) < 4.78 is 0. The number of urea groups is 1. The van der Waals surface area contributed by atoms with Gasteiger partial charge in [-0.05, 0) is 13.8 Å². The monoisotopic (exact) mass is 186 g/mol. The minimum Gasteiger partial charge on any atom is -0.386 e. The maximum atomic E-state index is 11.5. The van der Waals surface area contributed by atoms with Gasteiger partial charge in [-0.2, -0.15) is 0 Å². The van der Waals surface area contributed by atoms with E-state index in [2.05, 4.69) is 0 Å². The highest BCUT2D eigenvalue weighted by atomic mass is 16.2. The second-order valence-electron chi connectivity index (χ2n) is 2.84. The highest BCUT2D eigenvalue weighted by molar-refractivity contribution is 5.84. The lowest BCUT2D eigenvalue weighted by atomic mass is 10.5. The van der Waals surface area contributed by atoms with Gasteiger partial charge < -0.3 is 15.5 Å². The summed E-state index contributed by atoms with van der Waals surface area (Å²) in [4.78, 5) is 14.7. The van der Waals surface area contributed by atoms with E-state index in [1.807, 2.05) is 13.8 Å². The Hall–Kier alpha value is -1.26. The standard InChI is InChI=1S/C8H18N4O/c1-4-12(5-2)8(13)11(3)6-7(9)10/h4-6H2,1-3H3,(H3,9,10). The van der Waals surface area contributed by atoms with E-state index < -0.39 is 0 Å². The highest BCUT2D eigenvalue weighted by Crippen LogP contribution is 1.95. The number of rotatable bonds is 4. The summed E-state index contributed by atoms with van der Waals surface area (Å²) in [5.74, 6) is 0.00278. The van der Waals surface area contributed by atoms with Crippen LogP contribution in [0.1, 0.15) is 13.8 Å². The molecule has 0 rings (SSSR count). The minimum absolute atomic E-state index is 0.00278. The quantitative estimate of drug-likeness (QED) is 0.490. The molecular weight excluding hydrogens is 168 g/mol. The Bertz CT molecular complexity index is 189. The second-order valence-corrected chi connectivity index (χ2v) is 2.84. The van der Waals surface area contributed by atoms with Crippen LogP contribution in [0, 0.1) is 5.41 Å². The van der Waals surface area contributed by atoms with Crippen molar-refractivity contribution < 1.29 is 4.79 Å². The molecule has 0 aromatic rings. The summed E-state index contributed by atoms with van der Waals surface area (Å²) in [7, 11) is 1.64. The Morgan fingerprint density at radius 2 is 1.85 bits per heavy atom. The molecule has 5 nitrogen and oxygen atoms in total. The van der Waals surface area contributed by atoms with Crippen molar-refractivity contribution in [2.45, 2.75) is 13.8 Å². The van der Waals surface area contributed by atoms with Crippen molar-refractivity contribution in [3.63, 3.8) is 0 Å². The largest absolute Gasteiger partial charge is 0.386 e. The summed E-state index contributed by atoms with van der Waals surface area (Å²) in [6.07, 6.45) is 0. The Kier molecular flexibility index (Phi) is 4.87. The first kappa shape index (κ1) is 11.7. The molecule has 3 N–H and O–H groups in total. The molecule has 0 atom stereocenters. The van der Waals surface area contributed by atoms with E-state index >= 15 is 0 Å². The zero-order valence-electron chi connectivity index (χ0n) is 8.50. The molecule has 0 aromatic heterocycles. The average molecular weight is 186 g/mol. The Morgan fingerprint density at radius 1 is 1.38 bits per heavy atom. The van der Waals surface area contributed by atoms with Crippen LogP contribution in [-0.2, 0) is 0 Å².